The summed E-state index contributed by atoms with van der Waals surface area (Å²) in [7, 11) is 3.31. The molecule has 2 aromatic rings. The van der Waals surface area contributed by atoms with Gasteiger partial charge < -0.3 is 15.4 Å². The molecule has 0 bridgehead atoms. The first-order valence-corrected chi connectivity index (χ1v) is 6.08. The number of methoxy groups -OCH3 is 1. The van der Waals surface area contributed by atoms with Crippen LogP contribution in [0.2, 0.25) is 0 Å². The Labute approximate surface area is 116 Å². The zero-order chi connectivity index (χ0) is 14.7. The highest BCUT2D eigenvalue weighted by Crippen LogP contribution is 2.35. The second kappa shape index (κ2) is 5.77. The average molecular weight is 278 g/mol. The van der Waals surface area contributed by atoms with E-state index in [0.29, 0.717) is 17.1 Å². The lowest BCUT2D eigenvalue weighted by Gasteiger charge is -2.23. The molecule has 20 heavy (non-hydrogen) atoms. The van der Waals surface area contributed by atoms with Crippen molar-refractivity contribution in [3.8, 4) is 5.75 Å². The summed E-state index contributed by atoms with van der Waals surface area (Å²) in [5.74, 6) is 0.716. The van der Waals surface area contributed by atoms with Gasteiger partial charge in [0.25, 0.3) is 6.43 Å². The summed E-state index contributed by atoms with van der Waals surface area (Å²) in [5, 5.41) is 0. The van der Waals surface area contributed by atoms with Crippen molar-refractivity contribution in [3.63, 3.8) is 0 Å². The van der Waals surface area contributed by atoms with Gasteiger partial charge in [0.2, 0.25) is 0 Å². The number of nitrogen functional groups attached to an aromatic ring is 1. The molecule has 2 rings (SSSR count). The quantitative estimate of drug-likeness (QED) is 0.860. The zero-order valence-electron chi connectivity index (χ0n) is 11.3. The topological polar surface area (TPSA) is 38.5 Å². The summed E-state index contributed by atoms with van der Waals surface area (Å²) < 4.78 is 31.3. The summed E-state index contributed by atoms with van der Waals surface area (Å²) in [6.07, 6.45) is -2.57. The van der Waals surface area contributed by atoms with E-state index in [-0.39, 0.29) is 5.56 Å². The second-order valence-electron chi connectivity index (χ2n) is 4.38. The van der Waals surface area contributed by atoms with E-state index in [9.17, 15) is 8.78 Å². The van der Waals surface area contributed by atoms with Crippen LogP contribution in [0.5, 0.6) is 5.75 Å². The van der Waals surface area contributed by atoms with E-state index < -0.39 is 6.43 Å². The highest BCUT2D eigenvalue weighted by Gasteiger charge is 2.17. The monoisotopic (exact) mass is 278 g/mol. The van der Waals surface area contributed by atoms with Gasteiger partial charge in [0.15, 0.2) is 0 Å². The van der Waals surface area contributed by atoms with Crippen LogP contribution in [-0.2, 0) is 0 Å². The molecule has 0 aliphatic rings. The number of nitrogens with two attached hydrogens (primary N) is 1. The molecule has 0 fully saturated rings. The largest absolute Gasteiger partial charge is 0.497 e. The number of ether oxygens (including phenoxy) is 1. The Morgan fingerprint density at radius 2 is 1.75 bits per heavy atom. The fourth-order valence-corrected chi connectivity index (χ4v) is 2.00. The molecule has 5 heteroatoms. The first-order chi connectivity index (χ1) is 9.52. The first kappa shape index (κ1) is 14.1. The molecule has 0 unspecified atom stereocenters. The minimum atomic E-state index is -2.57. The Hall–Kier alpha value is -2.30. The van der Waals surface area contributed by atoms with Gasteiger partial charge in [0, 0.05) is 29.7 Å². The van der Waals surface area contributed by atoms with E-state index in [1.54, 1.807) is 43.3 Å². The summed E-state index contributed by atoms with van der Waals surface area (Å²) in [6.45, 7) is 0. The smallest absolute Gasteiger partial charge is 0.265 e. The van der Waals surface area contributed by atoms with Gasteiger partial charge in [-0.2, -0.15) is 0 Å². The zero-order valence-corrected chi connectivity index (χ0v) is 11.3. The number of hydrogen-bond donors (Lipinski definition) is 1. The molecule has 0 amide bonds. The van der Waals surface area contributed by atoms with Crippen molar-refractivity contribution in [3.05, 3.63) is 48.0 Å². The Bertz CT molecular complexity index is 585. The van der Waals surface area contributed by atoms with Crippen molar-refractivity contribution in [1.82, 2.24) is 0 Å². The molecule has 0 aliphatic heterocycles. The van der Waals surface area contributed by atoms with E-state index in [0.717, 1.165) is 5.69 Å². The van der Waals surface area contributed by atoms with E-state index in [2.05, 4.69) is 0 Å². The van der Waals surface area contributed by atoms with Crippen LogP contribution in [0.25, 0.3) is 0 Å². The lowest BCUT2D eigenvalue weighted by molar-refractivity contribution is 0.152. The van der Waals surface area contributed by atoms with Gasteiger partial charge in [-0.3, -0.25) is 0 Å². The van der Waals surface area contributed by atoms with Gasteiger partial charge in [0.1, 0.15) is 5.75 Å². The van der Waals surface area contributed by atoms with Gasteiger partial charge in [-0.1, -0.05) is 0 Å². The highest BCUT2D eigenvalue weighted by atomic mass is 19.3. The van der Waals surface area contributed by atoms with Crippen molar-refractivity contribution in [2.24, 2.45) is 0 Å². The Balaban J connectivity index is 2.39. The van der Waals surface area contributed by atoms with Crippen LogP contribution in [0.1, 0.15) is 12.0 Å². The van der Waals surface area contributed by atoms with E-state index >= 15 is 0 Å². The van der Waals surface area contributed by atoms with Gasteiger partial charge in [-0.25, -0.2) is 8.78 Å². The van der Waals surface area contributed by atoms with E-state index in [4.69, 9.17) is 10.5 Å². The van der Waals surface area contributed by atoms with Crippen LogP contribution in [0, 0.1) is 0 Å². The number of hydrogen-bond acceptors (Lipinski definition) is 3. The van der Waals surface area contributed by atoms with Crippen molar-refractivity contribution in [2.75, 3.05) is 24.8 Å². The van der Waals surface area contributed by atoms with Gasteiger partial charge in [-0.05, 0) is 42.5 Å². The van der Waals surface area contributed by atoms with Gasteiger partial charge >= 0.3 is 0 Å². The average Bonchev–Trinajstić information content (AvgIpc) is 2.46. The lowest BCUT2D eigenvalue weighted by atomic mass is 10.1. The van der Waals surface area contributed by atoms with Crippen LogP contribution in [0.4, 0.5) is 25.8 Å². The third kappa shape index (κ3) is 2.82. The Morgan fingerprint density at radius 3 is 2.30 bits per heavy atom. The fourth-order valence-electron chi connectivity index (χ4n) is 2.00. The maximum atomic E-state index is 13.1. The van der Waals surface area contributed by atoms with Crippen LogP contribution < -0.4 is 15.4 Å². The van der Waals surface area contributed by atoms with E-state index in [1.165, 1.54) is 6.07 Å². The van der Waals surface area contributed by atoms with E-state index in [1.807, 2.05) is 12.1 Å². The number of rotatable bonds is 4. The summed E-state index contributed by atoms with van der Waals surface area (Å²) in [5.41, 5.74) is 7.04. The molecular weight excluding hydrogens is 262 g/mol. The molecule has 0 heterocycles. The fraction of sp³-hybridized carbons (Fsp3) is 0.200. The molecule has 0 spiro atoms. The first-order valence-electron chi connectivity index (χ1n) is 6.08. The molecule has 0 atom stereocenters. The maximum Gasteiger partial charge on any atom is 0.265 e. The molecule has 3 nitrogen and oxygen atoms in total. The van der Waals surface area contributed by atoms with Crippen molar-refractivity contribution in [2.45, 2.75) is 6.43 Å². The lowest BCUT2D eigenvalue weighted by Crippen LogP contribution is -2.12. The van der Waals surface area contributed by atoms with Crippen molar-refractivity contribution < 1.29 is 13.5 Å². The number of alkyl halides is 2. The van der Waals surface area contributed by atoms with Crippen LogP contribution in [0.15, 0.2) is 42.5 Å². The van der Waals surface area contributed by atoms with Gasteiger partial charge in [-0.15, -0.1) is 0 Å². The summed E-state index contributed by atoms with van der Waals surface area (Å²) in [4.78, 5) is 1.69. The number of anilines is 3. The van der Waals surface area contributed by atoms with Crippen LogP contribution >= 0.6 is 0 Å². The molecule has 2 N–H and O–H groups in total. The molecule has 0 radical (unpaired) electrons. The normalized spacial score (nSPS) is 10.7. The molecule has 0 saturated heterocycles. The maximum absolute atomic E-state index is 13.1. The molecule has 106 valence electrons. The van der Waals surface area contributed by atoms with Crippen molar-refractivity contribution >= 4 is 17.1 Å². The third-order valence-electron chi connectivity index (χ3n) is 3.11. The molecule has 2 aromatic carbocycles. The molecule has 0 saturated carbocycles. The summed E-state index contributed by atoms with van der Waals surface area (Å²) in [6, 6.07) is 11.7. The Morgan fingerprint density at radius 1 is 1.10 bits per heavy atom. The SMILES string of the molecule is COc1ccc(N(C)c2ccc(N)cc2C(F)F)cc1. The number of halogens is 2. The molecular formula is C15H16F2N2O. The van der Waals surface area contributed by atoms with Crippen LogP contribution in [-0.4, -0.2) is 14.2 Å². The number of benzene rings is 2. The minimum absolute atomic E-state index is 0.0803. The predicted molar refractivity (Wildman–Crippen MR) is 76.9 cm³/mol. The molecule has 0 aromatic heterocycles. The molecule has 0 aliphatic carbocycles. The van der Waals surface area contributed by atoms with Crippen LogP contribution in [0.3, 0.4) is 0 Å². The van der Waals surface area contributed by atoms with Crippen molar-refractivity contribution in [1.29, 1.82) is 0 Å². The highest BCUT2D eigenvalue weighted by molar-refractivity contribution is 5.68. The number of nitrogens with zero attached hydrogens (tertiary/aromatic N) is 1. The Kier molecular flexibility index (Phi) is 4.08. The predicted octanol–water partition coefficient (Wildman–Crippen LogP) is 3.98. The standard InChI is InChI=1S/C15H16F2N2O/c1-19(11-4-6-12(20-2)7-5-11)14-8-3-10(18)9-13(14)15(16)17/h3-9,15H,18H2,1-2H3. The van der Waals surface area contributed by atoms with Gasteiger partial charge in [0.05, 0.1) is 7.11 Å². The third-order valence-corrected chi connectivity index (χ3v) is 3.11. The summed E-state index contributed by atoms with van der Waals surface area (Å²) >= 11 is 0. The minimum Gasteiger partial charge on any atom is -0.497 e. The second-order valence-corrected chi connectivity index (χ2v) is 4.38.